The van der Waals surface area contributed by atoms with Crippen LogP contribution in [0.2, 0.25) is 0 Å². The number of hydrogen-bond donors (Lipinski definition) is 1. The van der Waals surface area contributed by atoms with Crippen LogP contribution in [0, 0.1) is 0 Å². The summed E-state index contributed by atoms with van der Waals surface area (Å²) in [5.41, 5.74) is -0.150. The van der Waals surface area contributed by atoms with Crippen molar-refractivity contribution in [1.29, 1.82) is 0 Å². The lowest BCUT2D eigenvalue weighted by atomic mass is 10.1. The first-order valence-corrected chi connectivity index (χ1v) is 5.19. The Bertz CT molecular complexity index is 466. The second-order valence-corrected chi connectivity index (χ2v) is 4.68. The molecule has 3 heteroatoms. The molecule has 0 aliphatic rings. The van der Waals surface area contributed by atoms with E-state index in [0.29, 0.717) is 5.76 Å². The fourth-order valence-corrected chi connectivity index (χ4v) is 1.79. The maximum absolute atomic E-state index is 9.77. The molecule has 1 aromatic carbocycles. The number of aliphatic hydroxyl groups is 1. The van der Waals surface area contributed by atoms with Gasteiger partial charge in [0.05, 0.1) is 4.47 Å². The SMILES string of the molecule is CC(C)(O)c1cc2cccc(Br)c2o1. The van der Waals surface area contributed by atoms with Crippen molar-refractivity contribution in [2.24, 2.45) is 0 Å². The molecule has 0 aliphatic carbocycles. The van der Waals surface area contributed by atoms with E-state index in [1.165, 1.54) is 0 Å². The van der Waals surface area contributed by atoms with E-state index in [4.69, 9.17) is 4.42 Å². The van der Waals surface area contributed by atoms with Crippen molar-refractivity contribution in [3.05, 3.63) is 34.5 Å². The monoisotopic (exact) mass is 254 g/mol. The summed E-state index contributed by atoms with van der Waals surface area (Å²) < 4.78 is 6.47. The van der Waals surface area contributed by atoms with Gasteiger partial charge in [0, 0.05) is 5.39 Å². The van der Waals surface area contributed by atoms with E-state index in [9.17, 15) is 5.11 Å². The third-order valence-corrected chi connectivity index (χ3v) is 2.72. The normalized spacial score (nSPS) is 12.3. The number of fused-ring (bicyclic) bond motifs is 1. The van der Waals surface area contributed by atoms with Crippen molar-refractivity contribution in [2.45, 2.75) is 19.4 Å². The van der Waals surface area contributed by atoms with Crippen LogP contribution in [0.1, 0.15) is 19.6 Å². The predicted octanol–water partition coefficient (Wildman–Crippen LogP) is 3.42. The van der Waals surface area contributed by atoms with Crippen LogP contribution in [0.15, 0.2) is 33.2 Å². The summed E-state index contributed by atoms with van der Waals surface area (Å²) >= 11 is 3.40. The Morgan fingerprint density at radius 3 is 2.64 bits per heavy atom. The number of hydrogen-bond acceptors (Lipinski definition) is 2. The third-order valence-electron chi connectivity index (χ3n) is 2.10. The lowest BCUT2D eigenvalue weighted by Crippen LogP contribution is -2.13. The highest BCUT2D eigenvalue weighted by Gasteiger charge is 2.21. The molecule has 0 saturated heterocycles. The summed E-state index contributed by atoms with van der Waals surface area (Å²) in [7, 11) is 0. The Labute approximate surface area is 90.7 Å². The van der Waals surface area contributed by atoms with E-state index in [1.807, 2.05) is 24.3 Å². The highest BCUT2D eigenvalue weighted by molar-refractivity contribution is 9.10. The van der Waals surface area contributed by atoms with Gasteiger partial charge in [-0.25, -0.2) is 0 Å². The van der Waals surface area contributed by atoms with Gasteiger partial charge in [-0.05, 0) is 41.9 Å². The molecule has 14 heavy (non-hydrogen) atoms. The summed E-state index contributed by atoms with van der Waals surface area (Å²) in [5, 5.41) is 10.8. The fourth-order valence-electron chi connectivity index (χ4n) is 1.33. The third kappa shape index (κ3) is 1.57. The summed E-state index contributed by atoms with van der Waals surface area (Å²) in [6, 6.07) is 7.68. The first-order chi connectivity index (χ1) is 6.48. The minimum absolute atomic E-state index is 0.583. The van der Waals surface area contributed by atoms with Gasteiger partial charge in [-0.15, -0.1) is 0 Å². The molecule has 2 rings (SSSR count). The first kappa shape index (κ1) is 9.74. The lowest BCUT2D eigenvalue weighted by Gasteiger charge is -2.12. The molecule has 1 N–H and O–H groups in total. The van der Waals surface area contributed by atoms with Crippen LogP contribution >= 0.6 is 15.9 Å². The summed E-state index contributed by atoms with van der Waals surface area (Å²) in [5.74, 6) is 0.583. The average Bonchev–Trinajstić information content (AvgIpc) is 2.48. The minimum Gasteiger partial charge on any atom is -0.457 e. The van der Waals surface area contributed by atoms with Gasteiger partial charge in [-0.2, -0.15) is 0 Å². The van der Waals surface area contributed by atoms with E-state index < -0.39 is 5.60 Å². The van der Waals surface area contributed by atoms with Crippen LogP contribution in [0.4, 0.5) is 0 Å². The molecule has 0 aliphatic heterocycles. The van der Waals surface area contributed by atoms with E-state index >= 15 is 0 Å². The Kier molecular flexibility index (Phi) is 2.16. The van der Waals surface area contributed by atoms with Crippen molar-refractivity contribution in [1.82, 2.24) is 0 Å². The Hall–Kier alpha value is -0.800. The molecular weight excluding hydrogens is 244 g/mol. The number of benzene rings is 1. The van der Waals surface area contributed by atoms with Gasteiger partial charge in [0.2, 0.25) is 0 Å². The van der Waals surface area contributed by atoms with Crippen LogP contribution in [0.3, 0.4) is 0 Å². The van der Waals surface area contributed by atoms with Gasteiger partial charge >= 0.3 is 0 Å². The summed E-state index contributed by atoms with van der Waals surface area (Å²) in [6.45, 7) is 3.41. The summed E-state index contributed by atoms with van der Waals surface area (Å²) in [6.07, 6.45) is 0. The molecule has 0 bridgehead atoms. The number of furan rings is 1. The van der Waals surface area contributed by atoms with Gasteiger partial charge < -0.3 is 9.52 Å². The van der Waals surface area contributed by atoms with Crippen LogP contribution in [0.5, 0.6) is 0 Å². The Morgan fingerprint density at radius 1 is 1.36 bits per heavy atom. The van der Waals surface area contributed by atoms with Crippen molar-refractivity contribution < 1.29 is 9.52 Å². The molecular formula is C11H11BrO2. The topological polar surface area (TPSA) is 33.4 Å². The van der Waals surface area contributed by atoms with Crippen molar-refractivity contribution in [2.75, 3.05) is 0 Å². The molecule has 0 fully saturated rings. The zero-order valence-electron chi connectivity index (χ0n) is 8.04. The molecule has 1 heterocycles. The maximum Gasteiger partial charge on any atom is 0.148 e. The molecule has 0 amide bonds. The van der Waals surface area contributed by atoms with Crippen LogP contribution < -0.4 is 0 Å². The molecule has 2 aromatic rings. The van der Waals surface area contributed by atoms with Crippen molar-refractivity contribution in [3.8, 4) is 0 Å². The highest BCUT2D eigenvalue weighted by Crippen LogP contribution is 2.31. The van der Waals surface area contributed by atoms with Gasteiger partial charge in [0.1, 0.15) is 16.9 Å². The predicted molar refractivity (Wildman–Crippen MR) is 59.2 cm³/mol. The summed E-state index contributed by atoms with van der Waals surface area (Å²) in [4.78, 5) is 0. The number of rotatable bonds is 1. The first-order valence-electron chi connectivity index (χ1n) is 4.39. The molecule has 0 saturated carbocycles. The van der Waals surface area contributed by atoms with Gasteiger partial charge in [0.15, 0.2) is 0 Å². The van der Waals surface area contributed by atoms with Crippen molar-refractivity contribution >= 4 is 26.9 Å². The van der Waals surface area contributed by atoms with Crippen LogP contribution in [-0.2, 0) is 5.60 Å². The highest BCUT2D eigenvalue weighted by atomic mass is 79.9. The van der Waals surface area contributed by atoms with E-state index in [-0.39, 0.29) is 0 Å². The van der Waals surface area contributed by atoms with Gasteiger partial charge in [-0.1, -0.05) is 12.1 Å². The van der Waals surface area contributed by atoms with Crippen LogP contribution in [0.25, 0.3) is 11.0 Å². The lowest BCUT2D eigenvalue weighted by molar-refractivity contribution is 0.0558. The molecule has 0 unspecified atom stereocenters. The number of halogens is 1. The second-order valence-electron chi connectivity index (χ2n) is 3.83. The molecule has 1 aromatic heterocycles. The molecule has 0 spiro atoms. The fraction of sp³-hybridized carbons (Fsp3) is 0.273. The number of para-hydroxylation sites is 1. The quantitative estimate of drug-likeness (QED) is 0.846. The standard InChI is InChI=1S/C11H11BrO2/c1-11(2,13)9-6-7-4-3-5-8(12)10(7)14-9/h3-6,13H,1-2H3. The minimum atomic E-state index is -0.932. The van der Waals surface area contributed by atoms with E-state index in [2.05, 4.69) is 15.9 Å². The van der Waals surface area contributed by atoms with E-state index in [1.54, 1.807) is 13.8 Å². The Balaban J connectivity index is 2.69. The van der Waals surface area contributed by atoms with Gasteiger partial charge in [-0.3, -0.25) is 0 Å². The van der Waals surface area contributed by atoms with E-state index in [0.717, 1.165) is 15.4 Å². The van der Waals surface area contributed by atoms with Crippen molar-refractivity contribution in [3.63, 3.8) is 0 Å². The Morgan fingerprint density at radius 2 is 2.07 bits per heavy atom. The average molecular weight is 255 g/mol. The smallest absolute Gasteiger partial charge is 0.148 e. The largest absolute Gasteiger partial charge is 0.457 e. The molecule has 0 radical (unpaired) electrons. The molecule has 2 nitrogen and oxygen atoms in total. The molecule has 0 atom stereocenters. The molecule has 74 valence electrons. The van der Waals surface area contributed by atoms with Gasteiger partial charge in [0.25, 0.3) is 0 Å². The zero-order valence-corrected chi connectivity index (χ0v) is 9.63. The zero-order chi connectivity index (χ0) is 10.3. The maximum atomic E-state index is 9.77. The second kappa shape index (κ2) is 3.11. The van der Waals surface area contributed by atoms with Crippen LogP contribution in [-0.4, -0.2) is 5.11 Å².